The summed E-state index contributed by atoms with van der Waals surface area (Å²) in [4.78, 5) is 19.0. The first-order chi connectivity index (χ1) is 7.68. The fourth-order valence-electron chi connectivity index (χ4n) is 1.31. The topological polar surface area (TPSA) is 94.9 Å². The van der Waals surface area contributed by atoms with Gasteiger partial charge in [-0.25, -0.2) is 9.97 Å². The molecular weight excluding hydrogens is 204 g/mol. The van der Waals surface area contributed by atoms with Crippen LogP contribution in [-0.4, -0.2) is 15.9 Å². The van der Waals surface area contributed by atoms with Gasteiger partial charge in [-0.15, -0.1) is 0 Å². The van der Waals surface area contributed by atoms with Crippen molar-refractivity contribution in [2.24, 2.45) is 5.73 Å². The van der Waals surface area contributed by atoms with Crippen LogP contribution in [0.4, 0.5) is 5.82 Å². The Morgan fingerprint density at radius 1 is 1.19 bits per heavy atom. The molecule has 1 heterocycles. The lowest BCUT2D eigenvalue weighted by molar-refractivity contribution is 0.100. The van der Waals surface area contributed by atoms with Crippen LogP contribution in [-0.2, 0) is 0 Å². The molecule has 2 rings (SSSR count). The van der Waals surface area contributed by atoms with E-state index in [4.69, 9.17) is 11.5 Å². The Labute approximate surface area is 92.1 Å². The molecule has 5 nitrogen and oxygen atoms in total. The van der Waals surface area contributed by atoms with Gasteiger partial charge in [0, 0.05) is 11.8 Å². The van der Waals surface area contributed by atoms with E-state index in [9.17, 15) is 4.79 Å². The molecule has 2 aromatic rings. The largest absolute Gasteiger partial charge is 0.383 e. The molecule has 0 aliphatic carbocycles. The van der Waals surface area contributed by atoms with Crippen LogP contribution in [0, 0.1) is 0 Å². The maximum Gasteiger partial charge on any atom is 0.254 e. The first kappa shape index (κ1) is 10.1. The molecule has 5 heteroatoms. The lowest BCUT2D eigenvalue weighted by Crippen LogP contribution is -2.15. The van der Waals surface area contributed by atoms with E-state index in [1.165, 1.54) is 6.20 Å². The molecule has 0 saturated carbocycles. The van der Waals surface area contributed by atoms with Crippen molar-refractivity contribution in [3.63, 3.8) is 0 Å². The highest BCUT2D eigenvalue weighted by molar-refractivity contribution is 5.96. The molecule has 0 spiro atoms. The second-order valence-electron chi connectivity index (χ2n) is 3.22. The van der Waals surface area contributed by atoms with Gasteiger partial charge in [-0.1, -0.05) is 30.3 Å². The number of nitrogens with two attached hydrogens (primary N) is 2. The summed E-state index contributed by atoms with van der Waals surface area (Å²) in [6, 6.07) is 9.36. The lowest BCUT2D eigenvalue weighted by atomic mass is 10.2. The third-order valence-corrected chi connectivity index (χ3v) is 2.12. The van der Waals surface area contributed by atoms with Crippen LogP contribution in [0.1, 0.15) is 10.4 Å². The molecule has 0 saturated heterocycles. The number of nitrogens with zero attached hydrogens (tertiary/aromatic N) is 2. The maximum atomic E-state index is 10.9. The Hall–Kier alpha value is -2.43. The molecule has 0 unspecified atom stereocenters. The predicted molar refractivity (Wildman–Crippen MR) is 60.4 cm³/mol. The minimum absolute atomic E-state index is 0.0985. The first-order valence-corrected chi connectivity index (χ1v) is 4.66. The van der Waals surface area contributed by atoms with E-state index in [1.54, 1.807) is 0 Å². The van der Waals surface area contributed by atoms with Crippen LogP contribution >= 0.6 is 0 Å². The Morgan fingerprint density at radius 3 is 2.44 bits per heavy atom. The van der Waals surface area contributed by atoms with Crippen molar-refractivity contribution in [1.29, 1.82) is 0 Å². The fraction of sp³-hybridized carbons (Fsp3) is 0. The smallest absolute Gasteiger partial charge is 0.254 e. The molecular formula is C11H10N4O. The maximum absolute atomic E-state index is 10.9. The van der Waals surface area contributed by atoms with Crippen molar-refractivity contribution in [2.75, 3.05) is 5.73 Å². The first-order valence-electron chi connectivity index (χ1n) is 4.66. The third kappa shape index (κ3) is 1.83. The standard InChI is InChI=1S/C11H10N4O/c12-9-8(10(13)16)6-14-11(15-9)7-4-2-1-3-5-7/h1-6H,(H2,13,16)(H2,12,14,15). The average Bonchev–Trinajstić information content (AvgIpc) is 2.29. The summed E-state index contributed by atoms with van der Waals surface area (Å²) in [5.41, 5.74) is 11.7. The van der Waals surface area contributed by atoms with E-state index in [-0.39, 0.29) is 11.4 Å². The molecule has 4 N–H and O–H groups in total. The van der Waals surface area contributed by atoms with Gasteiger partial charge in [0.15, 0.2) is 5.82 Å². The summed E-state index contributed by atoms with van der Waals surface area (Å²) >= 11 is 0. The molecule has 80 valence electrons. The molecule has 1 amide bonds. The van der Waals surface area contributed by atoms with Gasteiger partial charge in [-0.2, -0.15) is 0 Å². The van der Waals surface area contributed by atoms with Gasteiger partial charge < -0.3 is 11.5 Å². The number of rotatable bonds is 2. The van der Waals surface area contributed by atoms with Crippen LogP contribution in [0.5, 0.6) is 0 Å². The number of carbonyl (C=O) groups excluding carboxylic acids is 1. The van der Waals surface area contributed by atoms with Crippen molar-refractivity contribution < 1.29 is 4.79 Å². The molecule has 0 bridgehead atoms. The van der Waals surface area contributed by atoms with Crippen molar-refractivity contribution in [3.05, 3.63) is 42.1 Å². The van der Waals surface area contributed by atoms with Crippen molar-refractivity contribution >= 4 is 11.7 Å². The molecule has 0 atom stereocenters. The number of carbonyl (C=O) groups is 1. The highest BCUT2D eigenvalue weighted by Gasteiger charge is 2.09. The highest BCUT2D eigenvalue weighted by atomic mass is 16.1. The van der Waals surface area contributed by atoms with E-state index in [0.717, 1.165) is 5.56 Å². The molecule has 1 aromatic heterocycles. The van der Waals surface area contributed by atoms with E-state index >= 15 is 0 Å². The monoisotopic (exact) mass is 214 g/mol. The van der Waals surface area contributed by atoms with E-state index in [0.29, 0.717) is 5.82 Å². The van der Waals surface area contributed by atoms with Gasteiger partial charge in [0.25, 0.3) is 5.91 Å². The number of aromatic nitrogens is 2. The highest BCUT2D eigenvalue weighted by Crippen LogP contribution is 2.16. The minimum atomic E-state index is -0.628. The van der Waals surface area contributed by atoms with Crippen molar-refractivity contribution in [1.82, 2.24) is 9.97 Å². The summed E-state index contributed by atoms with van der Waals surface area (Å²) in [6.07, 6.45) is 1.34. The molecule has 0 aliphatic heterocycles. The van der Waals surface area contributed by atoms with Gasteiger partial charge >= 0.3 is 0 Å². The number of hydrogen-bond acceptors (Lipinski definition) is 4. The van der Waals surface area contributed by atoms with Crippen molar-refractivity contribution in [3.8, 4) is 11.4 Å². The SMILES string of the molecule is NC(=O)c1cnc(-c2ccccc2)nc1N. The average molecular weight is 214 g/mol. The zero-order valence-electron chi connectivity index (χ0n) is 8.42. The Morgan fingerprint density at radius 2 is 1.88 bits per heavy atom. The number of amides is 1. The Kier molecular flexibility index (Phi) is 2.51. The van der Waals surface area contributed by atoms with Crippen LogP contribution < -0.4 is 11.5 Å². The zero-order chi connectivity index (χ0) is 11.5. The van der Waals surface area contributed by atoms with Gasteiger partial charge in [0.05, 0.1) is 5.56 Å². The second kappa shape index (κ2) is 3.98. The van der Waals surface area contributed by atoms with Crippen LogP contribution in [0.3, 0.4) is 0 Å². The lowest BCUT2D eigenvalue weighted by Gasteiger charge is -2.03. The quantitative estimate of drug-likeness (QED) is 0.773. The Bertz CT molecular complexity index is 525. The minimum Gasteiger partial charge on any atom is -0.383 e. The molecule has 0 radical (unpaired) electrons. The normalized spacial score (nSPS) is 10.0. The number of anilines is 1. The van der Waals surface area contributed by atoms with E-state index in [1.807, 2.05) is 30.3 Å². The second-order valence-corrected chi connectivity index (χ2v) is 3.22. The molecule has 1 aromatic carbocycles. The summed E-state index contributed by atoms with van der Waals surface area (Å²) in [7, 11) is 0. The summed E-state index contributed by atoms with van der Waals surface area (Å²) < 4.78 is 0. The van der Waals surface area contributed by atoms with Crippen LogP contribution in [0.25, 0.3) is 11.4 Å². The van der Waals surface area contributed by atoms with Gasteiger partial charge in [0.1, 0.15) is 5.82 Å². The molecule has 0 fully saturated rings. The summed E-state index contributed by atoms with van der Waals surface area (Å²) in [5, 5.41) is 0. The van der Waals surface area contributed by atoms with Gasteiger partial charge in [-0.05, 0) is 0 Å². The third-order valence-electron chi connectivity index (χ3n) is 2.12. The number of hydrogen-bond donors (Lipinski definition) is 2. The van der Waals surface area contributed by atoms with Gasteiger partial charge in [0.2, 0.25) is 0 Å². The summed E-state index contributed by atoms with van der Waals surface area (Å²) in [6.45, 7) is 0. The number of primary amides is 1. The van der Waals surface area contributed by atoms with E-state index in [2.05, 4.69) is 9.97 Å². The fourth-order valence-corrected chi connectivity index (χ4v) is 1.31. The predicted octanol–water partition coefficient (Wildman–Crippen LogP) is 0.825. The zero-order valence-corrected chi connectivity index (χ0v) is 8.42. The van der Waals surface area contributed by atoms with Crippen molar-refractivity contribution in [2.45, 2.75) is 0 Å². The van der Waals surface area contributed by atoms with E-state index < -0.39 is 5.91 Å². The van der Waals surface area contributed by atoms with Gasteiger partial charge in [-0.3, -0.25) is 4.79 Å². The number of nitrogen functional groups attached to an aromatic ring is 1. The summed E-state index contributed by atoms with van der Waals surface area (Å²) in [5.74, 6) is -0.0541. The molecule has 16 heavy (non-hydrogen) atoms. The number of benzene rings is 1. The molecule has 0 aliphatic rings. The van der Waals surface area contributed by atoms with Crippen LogP contribution in [0.15, 0.2) is 36.5 Å². The Balaban J connectivity index is 2.46. The van der Waals surface area contributed by atoms with Crippen LogP contribution in [0.2, 0.25) is 0 Å².